The molecule has 4 N–H and O–H groups in total. The molecule has 2 heterocycles. The fourth-order valence-electron chi connectivity index (χ4n) is 3.85. The van der Waals surface area contributed by atoms with Crippen molar-refractivity contribution < 1.29 is 23.1 Å². The van der Waals surface area contributed by atoms with Crippen LogP contribution >= 0.6 is 0 Å². The quantitative estimate of drug-likeness (QED) is 0.586. The number of pyridine rings is 1. The first kappa shape index (κ1) is 20.7. The maximum absolute atomic E-state index is 14.9. The van der Waals surface area contributed by atoms with Gasteiger partial charge in [0.1, 0.15) is 23.0 Å². The molecule has 3 aromatic rings. The van der Waals surface area contributed by atoms with Crippen LogP contribution in [0, 0.1) is 17.5 Å². The Morgan fingerprint density at radius 1 is 1.13 bits per heavy atom. The number of nitrogens with two attached hydrogens (primary N) is 1. The van der Waals surface area contributed by atoms with Crippen LogP contribution in [0.4, 0.5) is 24.5 Å². The summed E-state index contributed by atoms with van der Waals surface area (Å²) in [5.41, 5.74) is 4.35. The molecule has 0 unspecified atom stereocenters. The number of hydrogen-bond acceptors (Lipinski definition) is 5. The largest absolute Gasteiger partial charge is 0.477 e. The first-order valence-electron chi connectivity index (χ1n) is 9.51. The molecule has 1 aliphatic rings. The first-order valence-corrected chi connectivity index (χ1v) is 9.51. The number of benzene rings is 2. The van der Waals surface area contributed by atoms with Crippen molar-refractivity contribution in [3.63, 3.8) is 0 Å². The highest BCUT2D eigenvalue weighted by atomic mass is 19.1. The second-order valence-corrected chi connectivity index (χ2v) is 7.40. The molecule has 10 heteroatoms. The molecular weight excluding hydrogens is 413 g/mol. The van der Waals surface area contributed by atoms with E-state index in [4.69, 9.17) is 5.73 Å². The van der Waals surface area contributed by atoms with Gasteiger partial charge in [-0.05, 0) is 24.6 Å². The van der Waals surface area contributed by atoms with E-state index in [1.807, 2.05) is 0 Å². The number of carbonyl (C=O) groups is 1. The minimum absolute atomic E-state index is 0.0343. The zero-order chi connectivity index (χ0) is 22.4. The van der Waals surface area contributed by atoms with Gasteiger partial charge in [0.15, 0.2) is 0 Å². The van der Waals surface area contributed by atoms with E-state index in [1.54, 1.807) is 4.90 Å². The van der Waals surface area contributed by atoms with Crippen molar-refractivity contribution in [2.75, 3.05) is 30.4 Å². The number of aromatic nitrogens is 1. The van der Waals surface area contributed by atoms with E-state index in [9.17, 15) is 27.9 Å². The Kier molecular flexibility index (Phi) is 5.10. The molecule has 162 valence electrons. The van der Waals surface area contributed by atoms with Crippen molar-refractivity contribution in [1.29, 1.82) is 0 Å². The lowest BCUT2D eigenvalue weighted by molar-refractivity contribution is 0.0695. The van der Waals surface area contributed by atoms with Crippen LogP contribution in [0.2, 0.25) is 0 Å². The maximum atomic E-state index is 14.9. The van der Waals surface area contributed by atoms with Crippen LogP contribution in [0.1, 0.15) is 16.8 Å². The number of carboxylic acid groups (broad SMARTS) is 1. The van der Waals surface area contributed by atoms with Gasteiger partial charge in [0, 0.05) is 43.8 Å². The second-order valence-electron chi connectivity index (χ2n) is 7.40. The SMILES string of the molecule is CNc1cc(-n2cc(C(=O)O)c(=O)c3cc(F)c(N4CC[C@H](N)C4)cc32)c(F)cc1F. The van der Waals surface area contributed by atoms with Crippen LogP contribution in [0.3, 0.4) is 0 Å². The Labute approximate surface area is 174 Å². The van der Waals surface area contributed by atoms with Crippen molar-refractivity contribution in [2.45, 2.75) is 12.5 Å². The van der Waals surface area contributed by atoms with Gasteiger partial charge in [-0.2, -0.15) is 0 Å². The fourth-order valence-corrected chi connectivity index (χ4v) is 3.85. The summed E-state index contributed by atoms with van der Waals surface area (Å²) >= 11 is 0. The van der Waals surface area contributed by atoms with Gasteiger partial charge in [0.05, 0.1) is 22.6 Å². The Morgan fingerprint density at radius 3 is 2.45 bits per heavy atom. The van der Waals surface area contributed by atoms with Gasteiger partial charge in [-0.1, -0.05) is 0 Å². The number of nitrogens with one attached hydrogen (secondary N) is 1. The van der Waals surface area contributed by atoms with E-state index in [1.165, 1.54) is 13.1 Å². The van der Waals surface area contributed by atoms with Crippen LogP contribution in [-0.4, -0.2) is 41.8 Å². The van der Waals surface area contributed by atoms with Crippen LogP contribution in [0.15, 0.2) is 35.3 Å². The molecule has 1 aliphatic heterocycles. The third-order valence-corrected chi connectivity index (χ3v) is 5.43. The summed E-state index contributed by atoms with van der Waals surface area (Å²) in [4.78, 5) is 26.0. The molecule has 31 heavy (non-hydrogen) atoms. The van der Waals surface area contributed by atoms with E-state index >= 15 is 0 Å². The lowest BCUT2D eigenvalue weighted by Gasteiger charge is -2.21. The lowest BCUT2D eigenvalue weighted by Crippen LogP contribution is -2.27. The topological polar surface area (TPSA) is 101 Å². The predicted molar refractivity (Wildman–Crippen MR) is 111 cm³/mol. The van der Waals surface area contributed by atoms with E-state index in [2.05, 4.69) is 5.32 Å². The minimum atomic E-state index is -1.55. The molecule has 0 spiro atoms. The monoisotopic (exact) mass is 432 g/mol. The average Bonchev–Trinajstić information content (AvgIpc) is 3.14. The molecule has 0 saturated carbocycles. The molecular formula is C21H19F3N4O3. The molecule has 7 nitrogen and oxygen atoms in total. The number of carboxylic acids is 1. The molecule has 1 saturated heterocycles. The molecule has 0 bridgehead atoms. The fraction of sp³-hybridized carbons (Fsp3) is 0.238. The number of rotatable bonds is 4. The van der Waals surface area contributed by atoms with E-state index in [0.29, 0.717) is 25.6 Å². The predicted octanol–water partition coefficient (Wildman–Crippen LogP) is 2.69. The third kappa shape index (κ3) is 3.48. The van der Waals surface area contributed by atoms with Gasteiger partial charge >= 0.3 is 5.97 Å². The molecule has 4 rings (SSSR count). The Morgan fingerprint density at radius 2 is 1.84 bits per heavy atom. The number of hydrogen-bond donors (Lipinski definition) is 3. The molecule has 1 fully saturated rings. The molecule has 2 aromatic carbocycles. The Bertz CT molecular complexity index is 1280. The van der Waals surface area contributed by atoms with Gasteiger partial charge < -0.3 is 25.6 Å². The number of nitrogens with zero attached hydrogens (tertiary/aromatic N) is 2. The highest BCUT2D eigenvalue weighted by Crippen LogP contribution is 2.31. The highest BCUT2D eigenvalue weighted by molar-refractivity contribution is 5.94. The van der Waals surface area contributed by atoms with Crippen molar-refractivity contribution in [3.05, 3.63) is 63.7 Å². The van der Waals surface area contributed by atoms with E-state index in [0.717, 1.165) is 22.9 Å². The summed E-state index contributed by atoms with van der Waals surface area (Å²) in [5.74, 6) is -4.09. The lowest BCUT2D eigenvalue weighted by atomic mass is 10.1. The summed E-state index contributed by atoms with van der Waals surface area (Å²) in [6.45, 7) is 0.893. The molecule has 0 amide bonds. The van der Waals surface area contributed by atoms with Crippen LogP contribution in [-0.2, 0) is 0 Å². The van der Waals surface area contributed by atoms with Crippen molar-refractivity contribution in [1.82, 2.24) is 4.57 Å². The zero-order valence-corrected chi connectivity index (χ0v) is 16.5. The first-order chi connectivity index (χ1) is 14.7. The van der Waals surface area contributed by atoms with Crippen LogP contribution < -0.4 is 21.4 Å². The van der Waals surface area contributed by atoms with Crippen molar-refractivity contribution in [2.24, 2.45) is 5.73 Å². The summed E-state index contributed by atoms with van der Waals surface area (Å²) in [7, 11) is 1.44. The van der Waals surface area contributed by atoms with Crippen LogP contribution in [0.25, 0.3) is 16.6 Å². The van der Waals surface area contributed by atoms with Gasteiger partial charge in [-0.25, -0.2) is 18.0 Å². The molecule has 1 aromatic heterocycles. The normalized spacial score (nSPS) is 16.2. The highest BCUT2D eigenvalue weighted by Gasteiger charge is 2.25. The van der Waals surface area contributed by atoms with Gasteiger partial charge in [-0.15, -0.1) is 0 Å². The zero-order valence-electron chi connectivity index (χ0n) is 16.5. The van der Waals surface area contributed by atoms with Crippen LogP contribution in [0.5, 0.6) is 0 Å². The third-order valence-electron chi connectivity index (χ3n) is 5.43. The number of aromatic carboxylic acids is 1. The minimum Gasteiger partial charge on any atom is -0.477 e. The van der Waals surface area contributed by atoms with Crippen molar-refractivity contribution in [3.8, 4) is 5.69 Å². The standard InChI is InChI=1S/C21H19F3N4O3/c1-26-16-6-19(15(24)5-13(16)22)28-9-12(21(30)31)20(29)11-4-14(23)18(7-17(11)28)27-3-2-10(25)8-27/h4-7,9-10,26H,2-3,8,25H2,1H3,(H,30,31)/t10-/m0/s1. The van der Waals surface area contributed by atoms with Gasteiger partial charge in [0.25, 0.3) is 0 Å². The second kappa shape index (κ2) is 7.62. The van der Waals surface area contributed by atoms with E-state index in [-0.39, 0.29) is 34.0 Å². The average molecular weight is 432 g/mol. The number of anilines is 2. The van der Waals surface area contributed by atoms with E-state index < -0.39 is 34.4 Å². The molecule has 0 radical (unpaired) electrons. The number of halogens is 3. The Hall–Kier alpha value is -3.53. The van der Waals surface area contributed by atoms with Gasteiger partial charge in [0.2, 0.25) is 5.43 Å². The maximum Gasteiger partial charge on any atom is 0.341 e. The number of fused-ring (bicyclic) bond motifs is 1. The summed E-state index contributed by atoms with van der Waals surface area (Å²) in [6.07, 6.45) is 1.61. The van der Waals surface area contributed by atoms with Gasteiger partial charge in [-0.3, -0.25) is 4.79 Å². The summed E-state index contributed by atoms with van der Waals surface area (Å²) in [6, 6.07) is 3.96. The smallest absolute Gasteiger partial charge is 0.341 e. The molecule has 0 aliphatic carbocycles. The Balaban J connectivity index is 2.07. The van der Waals surface area contributed by atoms with Crippen molar-refractivity contribution >= 4 is 28.2 Å². The molecule has 1 atom stereocenters. The summed E-state index contributed by atoms with van der Waals surface area (Å²) in [5, 5.41) is 11.8. The summed E-state index contributed by atoms with van der Waals surface area (Å²) < 4.78 is 44.7.